The van der Waals surface area contributed by atoms with Gasteiger partial charge in [0.1, 0.15) is 13.3 Å². The van der Waals surface area contributed by atoms with Crippen LogP contribution in [0.2, 0.25) is 0 Å². The molecule has 186 valence electrons. The molecule has 1 aliphatic rings. The van der Waals surface area contributed by atoms with Crippen molar-refractivity contribution >= 4 is 21.7 Å². The Kier molecular flexibility index (Phi) is 8.92. The molecule has 0 radical (unpaired) electrons. The highest BCUT2D eigenvalue weighted by molar-refractivity contribution is 7.89. The van der Waals surface area contributed by atoms with Gasteiger partial charge >= 0.3 is 6.03 Å². The molecule has 34 heavy (non-hydrogen) atoms. The van der Waals surface area contributed by atoms with Crippen molar-refractivity contribution in [3.05, 3.63) is 52.8 Å². The summed E-state index contributed by atoms with van der Waals surface area (Å²) in [6, 6.07) is 6.88. The van der Waals surface area contributed by atoms with E-state index in [0.717, 1.165) is 11.4 Å². The van der Waals surface area contributed by atoms with E-state index >= 15 is 0 Å². The van der Waals surface area contributed by atoms with Crippen LogP contribution in [0.3, 0.4) is 0 Å². The number of nitrogens with zero attached hydrogens (tertiary/aromatic N) is 2. The van der Waals surface area contributed by atoms with Gasteiger partial charge in [-0.05, 0) is 69.6 Å². The van der Waals surface area contributed by atoms with Crippen molar-refractivity contribution in [3.8, 4) is 0 Å². The highest BCUT2D eigenvalue weighted by atomic mass is 32.2. The minimum Gasteiger partial charge on any atom is -0.337 e. The maximum Gasteiger partial charge on any atom is 0.319 e. The Morgan fingerprint density at radius 3 is 2.38 bits per heavy atom. The summed E-state index contributed by atoms with van der Waals surface area (Å²) in [5.74, 6) is 0. The number of rotatable bonds is 9. The number of hydrogen-bond acceptors (Lipinski definition) is 5. The van der Waals surface area contributed by atoms with Gasteiger partial charge in [-0.15, -0.1) is 0 Å². The number of nitrogens with one attached hydrogen (secondary N) is 3. The average Bonchev–Trinajstić information content (AvgIpc) is 2.78. The van der Waals surface area contributed by atoms with Gasteiger partial charge in [0.15, 0.2) is 0 Å². The fraction of sp³-hybridized carbons (Fsp3) is 0.478. The van der Waals surface area contributed by atoms with Crippen molar-refractivity contribution in [2.75, 3.05) is 31.5 Å². The lowest BCUT2D eigenvalue weighted by Gasteiger charge is -2.32. The first-order valence-corrected chi connectivity index (χ1v) is 12.7. The van der Waals surface area contributed by atoms with Crippen LogP contribution in [-0.4, -0.2) is 56.6 Å². The van der Waals surface area contributed by atoms with Gasteiger partial charge in [0.05, 0.1) is 4.90 Å². The van der Waals surface area contributed by atoms with E-state index in [1.807, 2.05) is 13.8 Å². The molecule has 0 unspecified atom stereocenters. The van der Waals surface area contributed by atoms with Crippen molar-refractivity contribution in [3.63, 3.8) is 0 Å². The molecular weight excluding hydrogens is 464 g/mol. The number of sulfonamides is 1. The summed E-state index contributed by atoms with van der Waals surface area (Å²) < 4.78 is 54.3. The van der Waals surface area contributed by atoms with E-state index < -0.39 is 23.4 Å². The number of alkyl halides is 2. The molecule has 1 saturated heterocycles. The second kappa shape index (κ2) is 11.7. The van der Waals surface area contributed by atoms with Gasteiger partial charge in [0.25, 0.3) is 0 Å². The van der Waals surface area contributed by atoms with Gasteiger partial charge in [-0.2, -0.15) is 0 Å². The van der Waals surface area contributed by atoms with Crippen molar-refractivity contribution < 1.29 is 22.0 Å². The van der Waals surface area contributed by atoms with Crippen molar-refractivity contribution in [2.24, 2.45) is 0 Å². The topological polar surface area (TPSA) is 103 Å². The van der Waals surface area contributed by atoms with Crippen LogP contribution in [0.25, 0.3) is 0 Å². The van der Waals surface area contributed by atoms with E-state index in [0.29, 0.717) is 44.7 Å². The van der Waals surface area contributed by atoms with E-state index in [4.69, 9.17) is 0 Å². The quantitative estimate of drug-likeness (QED) is 0.496. The maximum absolute atomic E-state index is 13.3. The number of aromatic nitrogens is 1. The number of aryl methyl sites for hydroxylation is 2. The first-order valence-electron chi connectivity index (χ1n) is 11.2. The number of piperidine rings is 1. The molecule has 1 aliphatic heterocycles. The largest absolute Gasteiger partial charge is 0.337 e. The first kappa shape index (κ1) is 26.0. The number of likely N-dealkylation sites (tertiary alicyclic amines) is 1. The summed E-state index contributed by atoms with van der Waals surface area (Å²) in [6.07, 6.45) is 1.18. The molecule has 0 saturated carbocycles. The van der Waals surface area contributed by atoms with Gasteiger partial charge in [0.2, 0.25) is 10.0 Å². The fourth-order valence-electron chi connectivity index (χ4n) is 4.05. The Labute approximate surface area is 199 Å². The van der Waals surface area contributed by atoms with Crippen LogP contribution in [0.5, 0.6) is 0 Å². The minimum atomic E-state index is -3.91. The molecule has 1 fully saturated rings. The zero-order valence-corrected chi connectivity index (χ0v) is 20.2. The van der Waals surface area contributed by atoms with E-state index in [2.05, 4.69) is 25.2 Å². The lowest BCUT2D eigenvalue weighted by atomic mass is 10.1. The number of anilines is 1. The van der Waals surface area contributed by atoms with Gasteiger partial charge in [-0.3, -0.25) is 4.98 Å². The molecule has 1 aromatic heterocycles. The van der Waals surface area contributed by atoms with E-state index in [9.17, 15) is 22.0 Å². The third kappa shape index (κ3) is 7.18. The molecule has 2 heterocycles. The van der Waals surface area contributed by atoms with Gasteiger partial charge in [-0.25, -0.2) is 26.7 Å². The van der Waals surface area contributed by atoms with Gasteiger partial charge in [0, 0.05) is 41.8 Å². The summed E-state index contributed by atoms with van der Waals surface area (Å²) in [6.45, 7) is 4.38. The summed E-state index contributed by atoms with van der Waals surface area (Å²) in [7, 11) is -3.91. The molecule has 1 aromatic carbocycles. The zero-order valence-electron chi connectivity index (χ0n) is 19.4. The van der Waals surface area contributed by atoms with Crippen molar-refractivity contribution in [1.82, 2.24) is 19.9 Å². The highest BCUT2D eigenvalue weighted by Crippen LogP contribution is 2.21. The summed E-state index contributed by atoms with van der Waals surface area (Å²) in [5.41, 5.74) is 2.54. The third-order valence-electron chi connectivity index (χ3n) is 5.68. The van der Waals surface area contributed by atoms with Gasteiger partial charge in [-0.1, -0.05) is 6.07 Å². The number of urea groups is 1. The Morgan fingerprint density at radius 2 is 1.76 bits per heavy atom. The Morgan fingerprint density at radius 1 is 1.09 bits per heavy atom. The van der Waals surface area contributed by atoms with E-state index in [1.165, 1.54) is 18.2 Å². The number of hydrogen-bond donors (Lipinski definition) is 3. The molecule has 3 rings (SSSR count). The molecule has 2 aromatic rings. The summed E-state index contributed by atoms with van der Waals surface area (Å²) >= 11 is 0. The lowest BCUT2D eigenvalue weighted by molar-refractivity contribution is 0.206. The predicted molar refractivity (Wildman–Crippen MR) is 127 cm³/mol. The SMILES string of the molecule is Cc1cc(NC(=O)NCCN2CCC(NS(=O)(=O)c3ccc(CF)cc3CF)CC2)cc(C)n1. The van der Waals surface area contributed by atoms with E-state index in [-0.39, 0.29) is 28.1 Å². The third-order valence-corrected chi connectivity index (χ3v) is 7.30. The Bertz CT molecular complexity index is 1090. The number of carbonyl (C=O) groups excluding carboxylic acids is 1. The normalized spacial score (nSPS) is 15.3. The smallest absolute Gasteiger partial charge is 0.319 e. The lowest BCUT2D eigenvalue weighted by Crippen LogP contribution is -2.46. The van der Waals surface area contributed by atoms with Crippen LogP contribution in [0.1, 0.15) is 35.4 Å². The maximum atomic E-state index is 13.3. The highest BCUT2D eigenvalue weighted by Gasteiger charge is 2.26. The number of halogens is 2. The van der Waals surface area contributed by atoms with Gasteiger partial charge < -0.3 is 15.5 Å². The standard InChI is InChI=1S/C23H31F2N5O3S/c1-16-11-21(12-17(2)27-16)28-23(31)26-7-10-30-8-5-20(6-9-30)29-34(32,33)22-4-3-18(14-24)13-19(22)15-25/h3-4,11-13,20,29H,5-10,14-15H2,1-2H3,(H2,26,27,28,31). The van der Waals surface area contributed by atoms with Crippen LogP contribution in [0, 0.1) is 13.8 Å². The summed E-state index contributed by atoms with van der Waals surface area (Å²) in [5, 5.41) is 5.62. The second-order valence-corrected chi connectivity index (χ2v) is 10.1. The van der Waals surface area contributed by atoms with Crippen LogP contribution < -0.4 is 15.4 Å². The molecule has 8 nitrogen and oxygen atoms in total. The molecule has 2 amide bonds. The predicted octanol–water partition coefficient (Wildman–Crippen LogP) is 3.20. The monoisotopic (exact) mass is 495 g/mol. The second-order valence-electron chi connectivity index (χ2n) is 8.47. The molecule has 0 spiro atoms. The Hall–Kier alpha value is -2.63. The number of benzene rings is 1. The molecule has 0 atom stereocenters. The number of amides is 2. The Balaban J connectivity index is 1.43. The fourth-order valence-corrected chi connectivity index (χ4v) is 5.56. The first-order chi connectivity index (χ1) is 16.2. The van der Waals surface area contributed by atoms with E-state index in [1.54, 1.807) is 12.1 Å². The average molecular weight is 496 g/mol. The zero-order chi connectivity index (χ0) is 24.7. The number of carbonyl (C=O) groups is 1. The van der Waals surface area contributed by atoms with Crippen LogP contribution in [-0.2, 0) is 23.4 Å². The van der Waals surface area contributed by atoms with Crippen LogP contribution >= 0.6 is 0 Å². The molecule has 0 aliphatic carbocycles. The van der Waals surface area contributed by atoms with Crippen molar-refractivity contribution in [1.29, 1.82) is 0 Å². The summed E-state index contributed by atoms with van der Waals surface area (Å²) in [4.78, 5) is 18.4. The van der Waals surface area contributed by atoms with Crippen LogP contribution in [0.4, 0.5) is 19.3 Å². The molecule has 11 heteroatoms. The minimum absolute atomic E-state index is 0.0403. The van der Waals surface area contributed by atoms with Crippen molar-refractivity contribution in [2.45, 2.75) is 51.0 Å². The van der Waals surface area contributed by atoms with Crippen LogP contribution in [0.15, 0.2) is 35.2 Å². The molecular formula is C23H31F2N5O3S. The molecule has 0 bridgehead atoms. The number of pyridine rings is 1. The molecule has 3 N–H and O–H groups in total.